The lowest BCUT2D eigenvalue weighted by atomic mass is 9.95. The van der Waals surface area contributed by atoms with Gasteiger partial charge in [-0.2, -0.15) is 0 Å². The van der Waals surface area contributed by atoms with Crippen LogP contribution in [-0.2, 0) is 78.3 Å². The molecule has 0 bridgehead atoms. The number of likely N-dealkylation sites (tertiary alicyclic amines) is 1. The Morgan fingerprint density at radius 2 is 1.19 bits per heavy atom. The van der Waals surface area contributed by atoms with Gasteiger partial charge in [-0.15, -0.1) is 0 Å². The summed E-state index contributed by atoms with van der Waals surface area (Å²) in [5.41, 5.74) is 6.35. The van der Waals surface area contributed by atoms with Gasteiger partial charge in [0.15, 0.2) is 0 Å². The van der Waals surface area contributed by atoms with Crippen molar-refractivity contribution >= 4 is 82.8 Å². The fourth-order valence-electron chi connectivity index (χ4n) is 12.3. The Hall–Kier alpha value is -8.54. The van der Waals surface area contributed by atoms with Crippen molar-refractivity contribution in [3.63, 3.8) is 0 Å². The number of benzene rings is 1. The monoisotopic (exact) mass is 1490 g/mol. The zero-order valence-electron chi connectivity index (χ0n) is 66.0. The van der Waals surface area contributed by atoms with Gasteiger partial charge in [-0.1, -0.05) is 166 Å². The molecule has 30 heteroatoms. The number of nitrogens with one attached hydrogen (secondary N) is 12. The van der Waals surface area contributed by atoms with Crippen molar-refractivity contribution in [1.82, 2.24) is 68.7 Å². The fraction of sp³-hybridized carbons (Fsp3) is 0.711. The van der Waals surface area contributed by atoms with E-state index in [0.29, 0.717) is 30.7 Å². The molecule has 15 N–H and O–H groups in total. The van der Waals surface area contributed by atoms with Crippen LogP contribution in [0.3, 0.4) is 0 Å². The molecular formula is C76H126N14O16. The van der Waals surface area contributed by atoms with Crippen LogP contribution in [0.1, 0.15) is 201 Å². The normalized spacial score (nSPS) is 22.5. The number of rotatable bonds is 34. The summed E-state index contributed by atoms with van der Waals surface area (Å²) in [6.07, 6.45) is 1.09. The van der Waals surface area contributed by atoms with Gasteiger partial charge in [-0.05, 0) is 119 Å². The second-order valence-electron chi connectivity index (χ2n) is 30.6. The number of amides is 13. The van der Waals surface area contributed by atoms with Gasteiger partial charge in [0.1, 0.15) is 84.3 Å². The highest BCUT2D eigenvalue weighted by molar-refractivity contribution is 6.03. The van der Waals surface area contributed by atoms with Gasteiger partial charge < -0.3 is 84.3 Å². The van der Waals surface area contributed by atoms with Crippen molar-refractivity contribution in [1.29, 1.82) is 0 Å². The minimum absolute atomic E-state index is 0.0354. The summed E-state index contributed by atoms with van der Waals surface area (Å²) in [7, 11) is 0. The van der Waals surface area contributed by atoms with Crippen LogP contribution < -0.4 is 69.5 Å². The van der Waals surface area contributed by atoms with Gasteiger partial charge in [-0.3, -0.25) is 62.3 Å². The highest BCUT2D eigenvalue weighted by Gasteiger charge is 2.44. The number of cyclic esters (lactones) is 1. The van der Waals surface area contributed by atoms with Gasteiger partial charge >= 0.3 is 5.97 Å². The average molecular weight is 1490 g/mol. The molecule has 1 aromatic carbocycles. The molecule has 2 fully saturated rings. The van der Waals surface area contributed by atoms with E-state index in [9.17, 15) is 62.6 Å². The number of hydrogen-bond acceptors (Lipinski definition) is 17. The van der Waals surface area contributed by atoms with Crippen molar-refractivity contribution in [2.75, 3.05) is 13.1 Å². The molecule has 30 nitrogen and oxygen atoms in total. The molecule has 0 radical (unpaired) electrons. The summed E-state index contributed by atoms with van der Waals surface area (Å²) < 4.78 is 5.97. The maximum absolute atomic E-state index is 15.1. The quantitative estimate of drug-likeness (QED) is 0.0347. The number of aliphatic hydroxyl groups is 1. The second kappa shape index (κ2) is 44.6. The summed E-state index contributed by atoms with van der Waals surface area (Å²) in [6, 6.07) is -7.64. The van der Waals surface area contributed by atoms with E-state index in [0.717, 1.165) is 6.42 Å². The standard InChI is InChI=1S/C76H126N14O16/c1-20-45(16)60(72(101)89-63-48(19)106-76(105)59(44(14)15)85-64(93)50(22-3)78-66(95)53(38-49-30-24-23-25-31-49)81-69(98)57(42(10)11)83-71(100)61(46(17)21-2)87-74(63)103)86-65(94)51(32-27-35-77)79-68(97)54-33-28-36-90(54)75(104)58(43(12)13)84-67(96)52(37-40(6)7)80-73(102)62(47(18)91)88-70(99)56(41(8)9)82-55(92)34-26-29-39(4)5/h22-25,30-31,39-48,51-54,56-63,91H,20-21,26-29,32-38,77H2,1-19H3,(H,78,95)(H,79,97)(H,80,102)(H,81,98)(H,82,92)(H,83,100)(H,84,96)(H,85,93)(H,86,94)(H,87,103)(H,88,99)(H,89,101)/b50-22-/t45-,46-,47-,48+,51+,52+,53+,54-,56-,57-,58-,59+,60-,61-,62+,63-/m1/s1. The number of allylic oxidation sites excluding steroid dienone is 1. The van der Waals surface area contributed by atoms with Crippen molar-refractivity contribution in [2.45, 2.75) is 287 Å². The average Bonchev–Trinajstić information content (AvgIpc) is 1.58. The molecule has 596 valence electrons. The van der Waals surface area contributed by atoms with Gasteiger partial charge in [0, 0.05) is 19.4 Å². The first-order chi connectivity index (χ1) is 49.7. The smallest absolute Gasteiger partial charge is 0.329 e. The maximum atomic E-state index is 15.1. The van der Waals surface area contributed by atoms with Crippen LogP contribution in [0.4, 0.5) is 0 Å². The highest BCUT2D eigenvalue weighted by Crippen LogP contribution is 2.23. The Labute approximate surface area is 626 Å². The maximum Gasteiger partial charge on any atom is 0.329 e. The largest absolute Gasteiger partial charge is 0.458 e. The molecule has 0 spiro atoms. The van der Waals surface area contributed by atoms with E-state index in [4.69, 9.17) is 10.5 Å². The molecular weight excluding hydrogens is 1360 g/mol. The van der Waals surface area contributed by atoms with Crippen LogP contribution in [0, 0.1) is 47.3 Å². The van der Waals surface area contributed by atoms with Crippen LogP contribution in [0.25, 0.3) is 0 Å². The minimum Gasteiger partial charge on any atom is -0.458 e. The highest BCUT2D eigenvalue weighted by atomic mass is 16.5. The Morgan fingerprint density at radius 1 is 0.613 bits per heavy atom. The minimum atomic E-state index is -1.83. The van der Waals surface area contributed by atoms with Crippen LogP contribution in [0.15, 0.2) is 42.1 Å². The molecule has 0 aromatic heterocycles. The van der Waals surface area contributed by atoms with Gasteiger partial charge in [0.05, 0.1) is 6.10 Å². The molecule has 16 atom stereocenters. The third-order valence-corrected chi connectivity index (χ3v) is 19.4. The van der Waals surface area contributed by atoms with Crippen molar-refractivity contribution in [3.8, 4) is 0 Å². The molecule has 1 aromatic rings. The van der Waals surface area contributed by atoms with E-state index in [-0.39, 0.29) is 75.6 Å². The number of esters is 1. The third kappa shape index (κ3) is 28.3. The predicted octanol–water partition coefficient (Wildman–Crippen LogP) is 2.23. The van der Waals surface area contributed by atoms with Gasteiger partial charge in [-0.25, -0.2) is 4.79 Å². The molecule has 3 rings (SSSR count). The molecule has 13 amide bonds. The zero-order chi connectivity index (χ0) is 80.1. The first kappa shape index (κ1) is 91.7. The number of nitrogens with two attached hydrogens (primary N) is 1. The number of nitrogens with zero attached hydrogens (tertiary/aromatic N) is 1. The predicted molar refractivity (Wildman–Crippen MR) is 400 cm³/mol. The van der Waals surface area contributed by atoms with Crippen molar-refractivity contribution in [2.24, 2.45) is 53.1 Å². The lowest BCUT2D eigenvalue weighted by Gasteiger charge is -2.33. The Bertz CT molecular complexity index is 3180. The molecule has 0 unspecified atom stereocenters. The van der Waals surface area contributed by atoms with Gasteiger partial charge in [0.25, 0.3) is 5.91 Å². The van der Waals surface area contributed by atoms with E-state index in [1.54, 1.807) is 113 Å². The Kier molecular flexibility index (Phi) is 38.5. The van der Waals surface area contributed by atoms with Crippen LogP contribution in [-0.4, -0.2) is 191 Å². The number of carbonyl (C=O) groups excluding carboxylic acids is 14. The first-order valence-electron chi connectivity index (χ1n) is 38.0. The third-order valence-electron chi connectivity index (χ3n) is 19.4. The van der Waals surface area contributed by atoms with E-state index in [1.165, 1.54) is 31.7 Å². The van der Waals surface area contributed by atoms with E-state index >= 15 is 9.59 Å². The molecule has 2 aliphatic heterocycles. The molecule has 2 aliphatic rings. The number of aliphatic hydroxyl groups excluding tert-OH is 1. The fourth-order valence-corrected chi connectivity index (χ4v) is 12.3. The summed E-state index contributed by atoms with van der Waals surface area (Å²) in [5, 5.41) is 43.3. The first-order valence-corrected chi connectivity index (χ1v) is 38.0. The summed E-state index contributed by atoms with van der Waals surface area (Å²) >= 11 is 0. The van der Waals surface area contributed by atoms with Crippen LogP contribution in [0.5, 0.6) is 0 Å². The van der Waals surface area contributed by atoms with Gasteiger partial charge in [0.2, 0.25) is 70.9 Å². The van der Waals surface area contributed by atoms with Crippen LogP contribution >= 0.6 is 0 Å². The Morgan fingerprint density at radius 3 is 1.74 bits per heavy atom. The summed E-state index contributed by atoms with van der Waals surface area (Å²) in [5.74, 6) is -14.7. The molecule has 2 heterocycles. The Balaban J connectivity index is 2.01. The molecule has 2 saturated heterocycles. The summed E-state index contributed by atoms with van der Waals surface area (Å²) in [6.45, 7) is 32.1. The van der Waals surface area contributed by atoms with E-state index in [2.05, 4.69) is 63.8 Å². The molecule has 0 aliphatic carbocycles. The van der Waals surface area contributed by atoms with Crippen molar-refractivity contribution in [3.05, 3.63) is 47.7 Å². The number of carbonyl (C=O) groups is 14. The lowest BCUT2D eigenvalue weighted by molar-refractivity contribution is -0.157. The van der Waals surface area contributed by atoms with E-state index in [1.807, 2.05) is 27.7 Å². The number of ether oxygens (including phenoxy) is 1. The molecule has 106 heavy (non-hydrogen) atoms. The lowest BCUT2D eigenvalue weighted by Crippen LogP contribution is -2.64. The summed E-state index contributed by atoms with van der Waals surface area (Å²) in [4.78, 5) is 202. The second-order valence-corrected chi connectivity index (χ2v) is 30.6. The van der Waals surface area contributed by atoms with E-state index < -0.39 is 197 Å². The zero-order valence-corrected chi connectivity index (χ0v) is 66.0. The molecule has 0 saturated carbocycles. The number of hydrogen-bond donors (Lipinski definition) is 14. The SMILES string of the molecule is C/C=C1\NC(=O)[C@H](Cc2ccccc2)NC(=O)[C@@H](C(C)C)NC(=O)[C@@H]([C@H](C)CC)NC(=O)[C@H](NC(=O)[C@H](NC(=O)[C@H](CCCN)NC(=O)[C@H]2CCCN2C(=O)[C@H](NC(=O)[C@H](CC(C)C)NC(=O)[C@@H](NC(=O)[C@H](NC(=O)CCCC(C)C)C(C)C)[C@@H](C)O)C(C)C)[C@H](C)CC)[C@H](C)OC(=O)[C@H](C(C)C)NC1=O. The van der Waals surface area contributed by atoms with Crippen LogP contribution in [0.2, 0.25) is 0 Å². The topological polar surface area (TPSA) is 442 Å². The van der Waals surface area contributed by atoms with Crippen molar-refractivity contribution < 1.29 is 77.0 Å².